The van der Waals surface area contributed by atoms with Crippen molar-refractivity contribution in [2.75, 3.05) is 0 Å². The Balaban J connectivity index is 1.72. The monoisotopic (exact) mass is 229 g/mol. The van der Waals surface area contributed by atoms with Crippen LogP contribution in [0.5, 0.6) is 0 Å². The highest BCUT2D eigenvalue weighted by atomic mass is 14.7. The molecule has 0 saturated carbocycles. The largest absolute Gasteiger partial charge is 0.327 e. The van der Waals surface area contributed by atoms with Crippen LogP contribution in [-0.2, 0) is 6.42 Å². The molecule has 0 aliphatic heterocycles. The van der Waals surface area contributed by atoms with Crippen molar-refractivity contribution in [1.82, 2.24) is 0 Å². The molecule has 92 valence electrons. The summed E-state index contributed by atoms with van der Waals surface area (Å²) in [5, 5.41) is 0. The summed E-state index contributed by atoms with van der Waals surface area (Å²) in [6.07, 6.45) is 9.29. The number of rotatable bonds is 7. The number of hydrogen-bond donors (Lipinski definition) is 1. The van der Waals surface area contributed by atoms with Crippen LogP contribution in [-0.4, -0.2) is 6.04 Å². The zero-order valence-electron chi connectivity index (χ0n) is 10.6. The molecule has 0 aromatic heterocycles. The zero-order valence-corrected chi connectivity index (χ0v) is 10.6. The van der Waals surface area contributed by atoms with Gasteiger partial charge < -0.3 is 5.73 Å². The molecule has 0 saturated heterocycles. The lowest BCUT2D eigenvalue weighted by atomic mass is 9.72. The average Bonchev–Trinajstić information content (AvgIpc) is 2.30. The predicted octanol–water partition coefficient (Wildman–Crippen LogP) is 3.79. The van der Waals surface area contributed by atoms with Crippen LogP contribution in [0.2, 0.25) is 0 Å². The van der Waals surface area contributed by atoms with Crippen LogP contribution in [0.25, 0.3) is 0 Å². The second kappa shape index (κ2) is 6.02. The van der Waals surface area contributed by atoms with Gasteiger partial charge in [-0.25, -0.2) is 0 Å². The second-order valence-corrected chi connectivity index (χ2v) is 5.10. The molecule has 1 aliphatic rings. The van der Waals surface area contributed by atoms with E-state index in [0.717, 1.165) is 12.8 Å². The van der Waals surface area contributed by atoms with Crippen LogP contribution in [0.1, 0.15) is 49.1 Å². The lowest BCUT2D eigenvalue weighted by Gasteiger charge is -2.34. The van der Waals surface area contributed by atoms with E-state index in [1.54, 1.807) is 0 Å². The number of benzene rings is 1. The highest BCUT2D eigenvalue weighted by molar-refractivity contribution is 5.41. The van der Waals surface area contributed by atoms with Crippen LogP contribution in [0.15, 0.2) is 36.9 Å². The van der Waals surface area contributed by atoms with E-state index >= 15 is 0 Å². The zero-order chi connectivity index (χ0) is 12.1. The summed E-state index contributed by atoms with van der Waals surface area (Å²) < 4.78 is 0. The maximum atomic E-state index is 6.29. The van der Waals surface area contributed by atoms with Gasteiger partial charge in [-0.1, -0.05) is 43.2 Å². The van der Waals surface area contributed by atoms with Crippen molar-refractivity contribution in [1.29, 1.82) is 0 Å². The summed E-state index contributed by atoms with van der Waals surface area (Å²) in [6.45, 7) is 3.74. The SMILES string of the molecule is C=CCCCCCC(N)C1Cc2ccccc21. The fourth-order valence-corrected chi connectivity index (χ4v) is 2.73. The fraction of sp³-hybridized carbons (Fsp3) is 0.500. The summed E-state index contributed by atoms with van der Waals surface area (Å²) in [4.78, 5) is 0. The van der Waals surface area contributed by atoms with Gasteiger partial charge in [0.25, 0.3) is 0 Å². The van der Waals surface area contributed by atoms with Gasteiger partial charge in [0.15, 0.2) is 0 Å². The van der Waals surface area contributed by atoms with Gasteiger partial charge in [0.05, 0.1) is 0 Å². The standard InChI is InChI=1S/C16H23N/c1-2-3-4-5-6-11-16(17)15-12-13-9-7-8-10-14(13)15/h2,7-10,15-16H,1,3-6,11-12,17H2. The Morgan fingerprint density at radius 1 is 1.29 bits per heavy atom. The van der Waals surface area contributed by atoms with Gasteiger partial charge in [-0.15, -0.1) is 6.58 Å². The Kier molecular flexibility index (Phi) is 4.38. The van der Waals surface area contributed by atoms with Crippen LogP contribution in [0, 0.1) is 0 Å². The minimum Gasteiger partial charge on any atom is -0.327 e. The number of unbranched alkanes of at least 4 members (excludes halogenated alkanes) is 3. The van der Waals surface area contributed by atoms with Crippen molar-refractivity contribution in [3.63, 3.8) is 0 Å². The van der Waals surface area contributed by atoms with Gasteiger partial charge in [-0.2, -0.15) is 0 Å². The molecule has 1 aromatic rings. The molecule has 0 bridgehead atoms. The van der Waals surface area contributed by atoms with E-state index in [4.69, 9.17) is 5.73 Å². The van der Waals surface area contributed by atoms with Gasteiger partial charge in [0.2, 0.25) is 0 Å². The van der Waals surface area contributed by atoms with Gasteiger partial charge in [-0.3, -0.25) is 0 Å². The van der Waals surface area contributed by atoms with Gasteiger partial charge >= 0.3 is 0 Å². The Hall–Kier alpha value is -1.08. The quantitative estimate of drug-likeness (QED) is 0.558. The normalized spacial score (nSPS) is 19.2. The Morgan fingerprint density at radius 3 is 2.88 bits per heavy atom. The van der Waals surface area contributed by atoms with Crippen LogP contribution < -0.4 is 5.73 Å². The van der Waals surface area contributed by atoms with E-state index in [2.05, 4.69) is 30.8 Å². The topological polar surface area (TPSA) is 26.0 Å². The first kappa shape index (κ1) is 12.4. The summed E-state index contributed by atoms with van der Waals surface area (Å²) in [5.41, 5.74) is 9.28. The molecule has 1 nitrogen and oxygen atoms in total. The Labute approximate surface area is 105 Å². The first-order chi connectivity index (χ1) is 8.33. The third kappa shape index (κ3) is 2.98. The highest BCUT2D eigenvalue weighted by Crippen LogP contribution is 2.37. The molecule has 0 amide bonds. The molecule has 1 heteroatoms. The third-order valence-corrected chi connectivity index (χ3v) is 3.86. The van der Waals surface area contributed by atoms with E-state index in [-0.39, 0.29) is 0 Å². The molecule has 0 heterocycles. The molecule has 1 aromatic carbocycles. The maximum Gasteiger partial charge on any atom is 0.0111 e. The van der Waals surface area contributed by atoms with Gasteiger partial charge in [0, 0.05) is 12.0 Å². The molecule has 2 rings (SSSR count). The van der Waals surface area contributed by atoms with E-state index in [0.29, 0.717) is 12.0 Å². The highest BCUT2D eigenvalue weighted by Gasteiger charge is 2.29. The van der Waals surface area contributed by atoms with Crippen molar-refractivity contribution in [3.05, 3.63) is 48.0 Å². The number of hydrogen-bond acceptors (Lipinski definition) is 1. The van der Waals surface area contributed by atoms with Crippen molar-refractivity contribution in [3.8, 4) is 0 Å². The van der Waals surface area contributed by atoms with Gasteiger partial charge in [0.1, 0.15) is 0 Å². The third-order valence-electron chi connectivity index (χ3n) is 3.86. The molecular formula is C16H23N. The van der Waals surface area contributed by atoms with E-state index < -0.39 is 0 Å². The average molecular weight is 229 g/mol. The molecule has 0 spiro atoms. The Morgan fingerprint density at radius 2 is 2.12 bits per heavy atom. The molecule has 2 atom stereocenters. The number of allylic oxidation sites excluding steroid dienone is 1. The predicted molar refractivity (Wildman–Crippen MR) is 74.1 cm³/mol. The smallest absolute Gasteiger partial charge is 0.0111 e. The first-order valence-electron chi connectivity index (χ1n) is 6.77. The van der Waals surface area contributed by atoms with Crippen molar-refractivity contribution in [2.45, 2.75) is 50.5 Å². The van der Waals surface area contributed by atoms with Gasteiger partial charge in [-0.05, 0) is 36.8 Å². The summed E-state index contributed by atoms with van der Waals surface area (Å²) in [5.74, 6) is 0.616. The molecule has 0 radical (unpaired) electrons. The number of nitrogens with two attached hydrogens (primary N) is 1. The summed E-state index contributed by atoms with van der Waals surface area (Å²) >= 11 is 0. The molecule has 2 unspecified atom stereocenters. The fourth-order valence-electron chi connectivity index (χ4n) is 2.73. The summed E-state index contributed by atoms with van der Waals surface area (Å²) in [7, 11) is 0. The molecular weight excluding hydrogens is 206 g/mol. The number of fused-ring (bicyclic) bond motifs is 1. The molecule has 0 fully saturated rings. The second-order valence-electron chi connectivity index (χ2n) is 5.10. The van der Waals surface area contributed by atoms with E-state index in [1.165, 1.54) is 36.8 Å². The summed E-state index contributed by atoms with van der Waals surface area (Å²) in [6, 6.07) is 9.06. The molecule has 17 heavy (non-hydrogen) atoms. The van der Waals surface area contributed by atoms with E-state index in [1.807, 2.05) is 6.08 Å². The van der Waals surface area contributed by atoms with Crippen LogP contribution >= 0.6 is 0 Å². The molecule has 1 aliphatic carbocycles. The first-order valence-corrected chi connectivity index (χ1v) is 6.77. The Bertz CT molecular complexity index is 370. The minimum absolute atomic E-state index is 0.355. The minimum atomic E-state index is 0.355. The van der Waals surface area contributed by atoms with Crippen molar-refractivity contribution in [2.24, 2.45) is 5.73 Å². The van der Waals surface area contributed by atoms with Crippen LogP contribution in [0.3, 0.4) is 0 Å². The molecule has 2 N–H and O–H groups in total. The van der Waals surface area contributed by atoms with Crippen molar-refractivity contribution >= 4 is 0 Å². The van der Waals surface area contributed by atoms with Crippen molar-refractivity contribution < 1.29 is 0 Å². The maximum absolute atomic E-state index is 6.29. The lowest BCUT2D eigenvalue weighted by Crippen LogP contribution is -2.35. The van der Waals surface area contributed by atoms with Crippen LogP contribution in [0.4, 0.5) is 0 Å². The van der Waals surface area contributed by atoms with E-state index in [9.17, 15) is 0 Å². The lowest BCUT2D eigenvalue weighted by molar-refractivity contribution is 0.439.